The summed E-state index contributed by atoms with van der Waals surface area (Å²) in [7, 11) is 0. The van der Waals surface area contributed by atoms with Gasteiger partial charge in [0, 0.05) is 11.1 Å². The van der Waals surface area contributed by atoms with Crippen LogP contribution in [0.15, 0.2) is 12.2 Å². The Morgan fingerprint density at radius 3 is 2.08 bits per heavy atom. The summed E-state index contributed by atoms with van der Waals surface area (Å²) in [5, 5.41) is 3.62. The lowest BCUT2D eigenvalue weighted by atomic mass is 9.41. The van der Waals surface area contributed by atoms with Gasteiger partial charge in [-0.1, -0.05) is 40.2 Å². The molecular formula is C22H37NO. The first kappa shape index (κ1) is 18.0. The van der Waals surface area contributed by atoms with Crippen LogP contribution in [0.4, 0.5) is 0 Å². The number of hydrogen-bond donors (Lipinski definition) is 1. The fourth-order valence-corrected chi connectivity index (χ4v) is 7.03. The standard InChI is InChI=1S/C22H37NO/c1-6-8-17(9-7-2)22(23-20(24)15(3)4)18-10-16-11-19(22)14-21(5,12-16)13-18/h16-19H,3,6-14H2,1-2,4-5H3,(H,23,24). The fourth-order valence-electron chi connectivity index (χ4n) is 7.03. The van der Waals surface area contributed by atoms with E-state index in [1.54, 1.807) is 0 Å². The molecule has 24 heavy (non-hydrogen) atoms. The molecule has 1 amide bonds. The molecule has 4 aliphatic rings. The van der Waals surface area contributed by atoms with Crippen molar-refractivity contribution < 1.29 is 4.79 Å². The summed E-state index contributed by atoms with van der Waals surface area (Å²) in [5.41, 5.74) is 1.25. The van der Waals surface area contributed by atoms with Crippen LogP contribution in [0.25, 0.3) is 0 Å². The molecule has 0 aliphatic heterocycles. The zero-order valence-corrected chi connectivity index (χ0v) is 16.3. The zero-order valence-electron chi connectivity index (χ0n) is 16.3. The third-order valence-electron chi connectivity index (χ3n) is 7.51. The Morgan fingerprint density at radius 1 is 1.12 bits per heavy atom. The van der Waals surface area contributed by atoms with E-state index in [0.717, 1.165) is 5.92 Å². The molecule has 0 aromatic heterocycles. The van der Waals surface area contributed by atoms with Crippen molar-refractivity contribution in [3.8, 4) is 0 Å². The molecule has 4 fully saturated rings. The van der Waals surface area contributed by atoms with Gasteiger partial charge in [0.2, 0.25) is 5.91 Å². The molecule has 2 heteroatoms. The van der Waals surface area contributed by atoms with Crippen LogP contribution < -0.4 is 5.32 Å². The Kier molecular flexibility index (Phi) is 4.88. The minimum atomic E-state index is 0.0402. The molecule has 0 radical (unpaired) electrons. The molecule has 0 saturated heterocycles. The van der Waals surface area contributed by atoms with E-state index < -0.39 is 0 Å². The van der Waals surface area contributed by atoms with Gasteiger partial charge < -0.3 is 5.32 Å². The highest BCUT2D eigenvalue weighted by Gasteiger charge is 2.63. The lowest BCUT2D eigenvalue weighted by Crippen LogP contribution is -2.71. The van der Waals surface area contributed by atoms with Gasteiger partial charge in [0.25, 0.3) is 0 Å². The lowest BCUT2D eigenvalue weighted by molar-refractivity contribution is -0.151. The topological polar surface area (TPSA) is 29.1 Å². The van der Waals surface area contributed by atoms with Crippen LogP contribution in [0.5, 0.6) is 0 Å². The van der Waals surface area contributed by atoms with Crippen molar-refractivity contribution in [2.24, 2.45) is 29.1 Å². The minimum Gasteiger partial charge on any atom is -0.346 e. The first-order valence-electron chi connectivity index (χ1n) is 10.3. The van der Waals surface area contributed by atoms with E-state index in [2.05, 4.69) is 32.7 Å². The third kappa shape index (κ3) is 2.84. The summed E-state index contributed by atoms with van der Waals surface area (Å²) in [5.74, 6) is 3.01. The van der Waals surface area contributed by atoms with Crippen LogP contribution in [0.2, 0.25) is 0 Å². The molecule has 2 unspecified atom stereocenters. The largest absolute Gasteiger partial charge is 0.346 e. The monoisotopic (exact) mass is 331 g/mol. The second-order valence-electron chi connectivity index (χ2n) is 9.60. The van der Waals surface area contributed by atoms with Crippen molar-refractivity contribution in [2.45, 2.75) is 91.0 Å². The average Bonchev–Trinajstić information content (AvgIpc) is 2.49. The van der Waals surface area contributed by atoms with Crippen LogP contribution in [0, 0.1) is 29.1 Å². The van der Waals surface area contributed by atoms with Crippen LogP contribution in [0.1, 0.15) is 85.5 Å². The van der Waals surface area contributed by atoms with Gasteiger partial charge in [0.15, 0.2) is 0 Å². The van der Waals surface area contributed by atoms with E-state index in [0.29, 0.717) is 28.7 Å². The molecule has 4 aliphatic carbocycles. The van der Waals surface area contributed by atoms with Gasteiger partial charge in [-0.05, 0) is 81.0 Å². The summed E-state index contributed by atoms with van der Waals surface area (Å²) in [6, 6.07) is 0. The number of hydrogen-bond acceptors (Lipinski definition) is 1. The molecule has 0 aromatic rings. The average molecular weight is 332 g/mol. The van der Waals surface area contributed by atoms with Crippen molar-refractivity contribution in [3.63, 3.8) is 0 Å². The van der Waals surface area contributed by atoms with Crippen molar-refractivity contribution in [2.75, 3.05) is 0 Å². The molecule has 4 saturated carbocycles. The Bertz CT molecular complexity index is 481. The first-order chi connectivity index (χ1) is 11.3. The van der Waals surface area contributed by atoms with E-state index >= 15 is 0 Å². The highest BCUT2D eigenvalue weighted by molar-refractivity contribution is 5.92. The second-order valence-corrected chi connectivity index (χ2v) is 9.60. The Balaban J connectivity index is 1.99. The maximum absolute atomic E-state index is 12.7. The van der Waals surface area contributed by atoms with E-state index in [9.17, 15) is 4.79 Å². The van der Waals surface area contributed by atoms with E-state index in [1.807, 2.05) is 6.92 Å². The van der Waals surface area contributed by atoms with Crippen LogP contribution in [-0.4, -0.2) is 11.4 Å². The predicted octanol–water partition coefficient (Wildman–Crippen LogP) is 5.48. The first-order valence-corrected chi connectivity index (χ1v) is 10.3. The lowest BCUT2D eigenvalue weighted by Gasteiger charge is -2.67. The third-order valence-corrected chi connectivity index (χ3v) is 7.51. The van der Waals surface area contributed by atoms with Crippen molar-refractivity contribution >= 4 is 5.91 Å². The van der Waals surface area contributed by atoms with Gasteiger partial charge in [-0.2, -0.15) is 0 Å². The van der Waals surface area contributed by atoms with E-state index in [-0.39, 0.29) is 11.4 Å². The van der Waals surface area contributed by atoms with Gasteiger partial charge >= 0.3 is 0 Å². The molecule has 4 rings (SSSR count). The van der Waals surface area contributed by atoms with Gasteiger partial charge in [-0.3, -0.25) is 4.79 Å². The highest BCUT2D eigenvalue weighted by Crippen LogP contribution is 2.65. The van der Waals surface area contributed by atoms with E-state index in [1.165, 1.54) is 57.8 Å². The van der Waals surface area contributed by atoms with Gasteiger partial charge in [-0.25, -0.2) is 0 Å². The summed E-state index contributed by atoms with van der Waals surface area (Å²) in [4.78, 5) is 12.7. The summed E-state index contributed by atoms with van der Waals surface area (Å²) in [6.45, 7) is 12.9. The predicted molar refractivity (Wildman–Crippen MR) is 101 cm³/mol. The maximum atomic E-state index is 12.7. The normalized spacial score (nSPS) is 40.1. The zero-order chi connectivity index (χ0) is 17.5. The Morgan fingerprint density at radius 2 is 1.67 bits per heavy atom. The summed E-state index contributed by atoms with van der Waals surface area (Å²) in [6.07, 6.45) is 11.7. The van der Waals surface area contributed by atoms with Crippen LogP contribution in [0.3, 0.4) is 0 Å². The molecule has 4 bridgehead atoms. The number of rotatable bonds is 7. The maximum Gasteiger partial charge on any atom is 0.246 e. The van der Waals surface area contributed by atoms with Crippen LogP contribution >= 0.6 is 0 Å². The van der Waals surface area contributed by atoms with Crippen molar-refractivity contribution in [3.05, 3.63) is 12.2 Å². The smallest absolute Gasteiger partial charge is 0.246 e. The van der Waals surface area contributed by atoms with Gasteiger partial charge in [0.1, 0.15) is 0 Å². The Labute approximate surface area is 148 Å². The SMILES string of the molecule is C=C(C)C(=O)NC1(C(CCC)CCC)C2CC3CC1CC(C)(C3)C2. The molecule has 0 aromatic carbocycles. The van der Waals surface area contributed by atoms with Crippen molar-refractivity contribution in [1.82, 2.24) is 5.32 Å². The summed E-state index contributed by atoms with van der Waals surface area (Å²) < 4.78 is 0. The van der Waals surface area contributed by atoms with Crippen LogP contribution in [-0.2, 0) is 4.79 Å². The molecule has 1 N–H and O–H groups in total. The molecule has 0 spiro atoms. The second kappa shape index (κ2) is 6.50. The number of carbonyl (C=O) groups excluding carboxylic acids is 1. The Hall–Kier alpha value is -0.790. The number of amides is 1. The summed E-state index contributed by atoms with van der Waals surface area (Å²) >= 11 is 0. The minimum absolute atomic E-state index is 0.0402. The fraction of sp³-hybridized carbons (Fsp3) is 0.864. The quantitative estimate of drug-likeness (QED) is 0.615. The molecular weight excluding hydrogens is 294 g/mol. The van der Waals surface area contributed by atoms with Crippen molar-refractivity contribution in [1.29, 1.82) is 0 Å². The molecule has 136 valence electrons. The molecule has 0 heterocycles. The highest BCUT2D eigenvalue weighted by atomic mass is 16.1. The number of nitrogens with one attached hydrogen (secondary N) is 1. The van der Waals surface area contributed by atoms with Gasteiger partial charge in [0.05, 0.1) is 0 Å². The molecule has 2 atom stereocenters. The number of carbonyl (C=O) groups is 1. The van der Waals surface area contributed by atoms with Gasteiger partial charge in [-0.15, -0.1) is 0 Å². The molecule has 2 nitrogen and oxygen atoms in total. The van der Waals surface area contributed by atoms with E-state index in [4.69, 9.17) is 0 Å².